The van der Waals surface area contributed by atoms with Crippen molar-refractivity contribution in [1.29, 1.82) is 0 Å². The molecule has 1 aliphatic carbocycles. The average Bonchev–Trinajstić information content (AvgIpc) is 3.52. The molecule has 0 radical (unpaired) electrons. The fourth-order valence-corrected chi connectivity index (χ4v) is 4.74. The number of nitrogens with two attached hydrogens (primary N) is 1. The molecule has 3 heterocycles. The van der Waals surface area contributed by atoms with Gasteiger partial charge >= 0.3 is 0 Å². The van der Waals surface area contributed by atoms with Gasteiger partial charge < -0.3 is 16.0 Å². The van der Waals surface area contributed by atoms with Gasteiger partial charge in [0.25, 0.3) is 5.91 Å². The van der Waals surface area contributed by atoms with E-state index in [4.69, 9.17) is 4.98 Å². The Morgan fingerprint density at radius 1 is 1.25 bits per heavy atom. The first-order chi connectivity index (χ1) is 15.5. The Kier molecular flexibility index (Phi) is 5.86. The van der Waals surface area contributed by atoms with E-state index >= 15 is 0 Å². The molecule has 2 aliphatic rings. The summed E-state index contributed by atoms with van der Waals surface area (Å²) in [6.45, 7) is 5.77. The minimum atomic E-state index is -0.184. The first-order valence-corrected chi connectivity index (χ1v) is 12.0. The molecule has 0 atom stereocenters. The fraction of sp³-hybridized carbons (Fsp3) is 0.391. The van der Waals surface area contributed by atoms with Crippen molar-refractivity contribution in [2.45, 2.75) is 51.6 Å². The topological polar surface area (TPSA) is 108 Å². The lowest BCUT2D eigenvalue weighted by atomic mass is 10.0. The fourth-order valence-electron chi connectivity index (χ4n) is 3.79. The Bertz CT molecular complexity index is 1140. The predicted molar refractivity (Wildman–Crippen MR) is 125 cm³/mol. The van der Waals surface area contributed by atoms with E-state index < -0.39 is 0 Å². The normalized spacial score (nSPS) is 15.5. The van der Waals surface area contributed by atoms with Gasteiger partial charge in [-0.3, -0.25) is 4.79 Å². The second-order valence-electron chi connectivity index (χ2n) is 8.69. The van der Waals surface area contributed by atoms with Gasteiger partial charge in [0.15, 0.2) is 0 Å². The maximum absolute atomic E-state index is 12.8. The lowest BCUT2D eigenvalue weighted by molar-refractivity contribution is -0.487. The van der Waals surface area contributed by atoms with Crippen LogP contribution < -0.4 is 21.3 Å². The van der Waals surface area contributed by atoms with Crippen LogP contribution in [0.5, 0.6) is 0 Å². The molecule has 5 N–H and O–H groups in total. The summed E-state index contributed by atoms with van der Waals surface area (Å²) >= 11 is 1.68. The van der Waals surface area contributed by atoms with Crippen molar-refractivity contribution in [2.24, 2.45) is 0 Å². The Morgan fingerprint density at radius 3 is 2.94 bits per heavy atom. The molecule has 2 aromatic heterocycles. The first kappa shape index (κ1) is 21.0. The molecule has 8 nitrogen and oxygen atoms in total. The van der Waals surface area contributed by atoms with Gasteiger partial charge in [-0.25, -0.2) is 10.3 Å². The second kappa shape index (κ2) is 8.93. The number of nitrogens with zero attached hydrogens (tertiary/aromatic N) is 3. The molecule has 0 spiro atoms. The zero-order valence-corrected chi connectivity index (χ0v) is 19.1. The number of amides is 1. The van der Waals surface area contributed by atoms with E-state index in [-0.39, 0.29) is 11.9 Å². The predicted octanol–water partition coefficient (Wildman–Crippen LogP) is 2.86. The number of hydrogen-bond donors (Lipinski definition) is 4. The smallest absolute Gasteiger partial charge is 0.260 e. The summed E-state index contributed by atoms with van der Waals surface area (Å²) in [7, 11) is 0. The van der Waals surface area contributed by atoms with E-state index in [2.05, 4.69) is 38.1 Å². The second-order valence-corrected chi connectivity index (χ2v) is 9.57. The van der Waals surface area contributed by atoms with Crippen molar-refractivity contribution in [3.8, 4) is 0 Å². The number of nitrogens with one attached hydrogen (secondary N) is 3. The number of benzene rings is 1. The van der Waals surface area contributed by atoms with Crippen LogP contribution in [0.2, 0.25) is 0 Å². The molecule has 1 saturated carbocycles. The summed E-state index contributed by atoms with van der Waals surface area (Å²) in [4.78, 5) is 26.6. The maximum atomic E-state index is 12.8. The van der Waals surface area contributed by atoms with E-state index in [0.29, 0.717) is 23.2 Å². The van der Waals surface area contributed by atoms with Gasteiger partial charge in [0.05, 0.1) is 11.6 Å². The largest absolute Gasteiger partial charge is 0.350 e. The average molecular weight is 451 g/mol. The highest BCUT2D eigenvalue weighted by atomic mass is 32.1. The van der Waals surface area contributed by atoms with E-state index in [1.54, 1.807) is 17.5 Å². The number of carbonyl (C=O) groups is 1. The molecule has 0 saturated heterocycles. The molecule has 5 rings (SSSR count). The van der Waals surface area contributed by atoms with Crippen molar-refractivity contribution in [2.75, 3.05) is 11.9 Å². The lowest BCUT2D eigenvalue weighted by Gasteiger charge is -2.18. The van der Waals surface area contributed by atoms with Crippen LogP contribution in [-0.2, 0) is 13.0 Å². The standard InChI is InChI=1S/C23H27N7OS/c1-13(2)26-21(31)18-11-25-23(27-17-6-5-16-10-24-8-7-15(16)9-17)30-20(18)28-19-12-32-22(29-19)14-3-4-14/h5-6,9,11-14,24H,3-4,7-8,10H2,1-2H3,(H,26,31)(H2,25,27,28,30)/p+1. The van der Waals surface area contributed by atoms with Gasteiger partial charge in [0, 0.05) is 24.2 Å². The molecule has 1 aromatic carbocycles. The van der Waals surface area contributed by atoms with E-state index in [1.165, 1.54) is 29.0 Å². The number of fused-ring (bicyclic) bond motifs is 1. The quantitative estimate of drug-likeness (QED) is 0.441. The van der Waals surface area contributed by atoms with Crippen LogP contribution in [0.4, 0.5) is 23.3 Å². The summed E-state index contributed by atoms with van der Waals surface area (Å²) in [5, 5.41) is 14.7. The minimum Gasteiger partial charge on any atom is -0.350 e. The minimum absolute atomic E-state index is 0.0267. The molecule has 32 heavy (non-hydrogen) atoms. The molecule has 9 heteroatoms. The lowest BCUT2D eigenvalue weighted by Crippen LogP contribution is -2.72. The van der Waals surface area contributed by atoms with Crippen LogP contribution in [0.15, 0.2) is 29.8 Å². The zero-order valence-electron chi connectivity index (χ0n) is 18.3. The van der Waals surface area contributed by atoms with Gasteiger partial charge in [0.2, 0.25) is 17.6 Å². The molecular weight excluding hydrogens is 422 g/mol. The van der Waals surface area contributed by atoms with E-state index in [1.807, 2.05) is 30.6 Å². The van der Waals surface area contributed by atoms with Gasteiger partial charge in [-0.05, 0) is 62.9 Å². The summed E-state index contributed by atoms with van der Waals surface area (Å²) < 4.78 is 0. The molecular formula is C23H28N7OS+. The van der Waals surface area contributed by atoms with Gasteiger partial charge in [-0.15, -0.1) is 11.3 Å². The van der Waals surface area contributed by atoms with Gasteiger partial charge in [-0.2, -0.15) is 9.97 Å². The van der Waals surface area contributed by atoms with E-state index in [0.717, 1.165) is 31.0 Å². The molecule has 1 fully saturated rings. The monoisotopic (exact) mass is 450 g/mol. The number of anilines is 2. The van der Waals surface area contributed by atoms with Crippen molar-refractivity contribution in [3.63, 3.8) is 0 Å². The summed E-state index contributed by atoms with van der Waals surface area (Å²) in [6.07, 6.45) is 5.03. The Morgan fingerprint density at radius 2 is 2.12 bits per heavy atom. The molecule has 1 aliphatic heterocycles. The van der Waals surface area contributed by atoms with E-state index in [9.17, 15) is 4.79 Å². The number of rotatable bonds is 7. The number of aromatic nitrogens is 3. The highest BCUT2D eigenvalue weighted by molar-refractivity contribution is 7.10. The number of thiazole rings is 1. The van der Waals surface area contributed by atoms with Crippen molar-refractivity contribution in [1.82, 2.24) is 25.6 Å². The van der Waals surface area contributed by atoms with Crippen LogP contribution in [0, 0.1) is 0 Å². The molecule has 1 amide bonds. The Labute approximate surface area is 191 Å². The van der Waals surface area contributed by atoms with Crippen molar-refractivity contribution < 1.29 is 10.1 Å². The zero-order chi connectivity index (χ0) is 22.1. The SMILES string of the molecule is CC(C)NC(=O)c1cnc(Nc2ccc3c(c2)CCNC3)nc1[NH2+]c1csc(C2CC2)n1. The maximum Gasteiger partial charge on any atom is 0.260 e. The highest BCUT2D eigenvalue weighted by Gasteiger charge is 2.28. The summed E-state index contributed by atoms with van der Waals surface area (Å²) in [5.74, 6) is 2.28. The van der Waals surface area contributed by atoms with Gasteiger partial charge in [0.1, 0.15) is 10.6 Å². The molecule has 166 valence electrons. The summed E-state index contributed by atoms with van der Waals surface area (Å²) in [6, 6.07) is 6.36. The summed E-state index contributed by atoms with van der Waals surface area (Å²) in [5.41, 5.74) is 4.05. The van der Waals surface area contributed by atoms with Crippen molar-refractivity contribution in [3.05, 3.63) is 51.5 Å². The third-order valence-electron chi connectivity index (χ3n) is 5.58. The van der Waals surface area contributed by atoms with Crippen LogP contribution in [0.25, 0.3) is 0 Å². The molecule has 0 unspecified atom stereocenters. The molecule has 0 bridgehead atoms. The molecule has 3 aromatic rings. The number of hydrogen-bond acceptors (Lipinski definition) is 7. The van der Waals surface area contributed by atoms with Gasteiger partial charge in [-0.1, -0.05) is 6.07 Å². The third-order valence-corrected chi connectivity index (χ3v) is 6.61. The van der Waals surface area contributed by atoms with Crippen molar-refractivity contribution >= 4 is 40.5 Å². The van der Waals surface area contributed by atoms with Crippen LogP contribution in [0.1, 0.15) is 59.1 Å². The first-order valence-electron chi connectivity index (χ1n) is 11.1. The Hall–Kier alpha value is -2.88. The number of carbonyl (C=O) groups excluding carboxylic acids is 1. The Balaban J connectivity index is 1.41. The third kappa shape index (κ3) is 4.79. The van der Waals surface area contributed by atoms with Crippen LogP contribution >= 0.6 is 11.3 Å². The number of quaternary nitrogens is 1. The van der Waals surface area contributed by atoms with Crippen LogP contribution in [-0.4, -0.2) is 33.4 Å². The highest BCUT2D eigenvalue weighted by Crippen LogP contribution is 2.41. The van der Waals surface area contributed by atoms with Crippen LogP contribution in [0.3, 0.4) is 0 Å².